The van der Waals surface area contributed by atoms with Crippen molar-refractivity contribution in [1.29, 1.82) is 0 Å². The molecule has 2 bridgehead atoms. The highest BCUT2D eigenvalue weighted by atomic mass is 17.3. The molecule has 1 saturated carbocycles. The summed E-state index contributed by atoms with van der Waals surface area (Å²) in [5, 5.41) is 0. The van der Waals surface area contributed by atoms with Crippen LogP contribution in [0.1, 0.15) is 53.4 Å². The first-order valence-electron chi connectivity index (χ1n) is 8.82. The molecule has 0 amide bonds. The highest BCUT2D eigenvalue weighted by Crippen LogP contribution is 2.60. The zero-order valence-corrected chi connectivity index (χ0v) is 14.0. The van der Waals surface area contributed by atoms with Crippen LogP contribution < -0.4 is 0 Å². The Bertz CT molecular complexity index is 443. The molecule has 4 heterocycles. The highest BCUT2D eigenvalue weighted by molar-refractivity contribution is 5.09. The zero-order valence-electron chi connectivity index (χ0n) is 14.0. The molecule has 5 aliphatic rings. The summed E-state index contributed by atoms with van der Waals surface area (Å²) in [6.45, 7) is 9.15. The Labute approximate surface area is 132 Å². The summed E-state index contributed by atoms with van der Waals surface area (Å²) in [7, 11) is 0. The summed E-state index contributed by atoms with van der Waals surface area (Å²) >= 11 is 0. The lowest BCUT2D eigenvalue weighted by molar-refractivity contribution is -0.577. The van der Waals surface area contributed by atoms with Gasteiger partial charge >= 0.3 is 0 Å². The minimum Gasteiger partial charge on any atom is -0.353 e. The summed E-state index contributed by atoms with van der Waals surface area (Å²) in [6.07, 6.45) is 3.66. The van der Waals surface area contributed by atoms with E-state index in [-0.39, 0.29) is 18.5 Å². The van der Waals surface area contributed by atoms with Crippen LogP contribution in [0.15, 0.2) is 0 Å². The van der Waals surface area contributed by atoms with Crippen LogP contribution in [0.3, 0.4) is 0 Å². The molecule has 5 fully saturated rings. The number of fused-ring (bicyclic) bond motifs is 2. The molecule has 8 atom stereocenters. The van der Waals surface area contributed by atoms with Gasteiger partial charge in [-0.1, -0.05) is 13.8 Å². The molecule has 0 radical (unpaired) electrons. The Balaban J connectivity index is 1.75. The van der Waals surface area contributed by atoms with Gasteiger partial charge in [0, 0.05) is 24.9 Å². The van der Waals surface area contributed by atoms with E-state index in [9.17, 15) is 0 Å². The van der Waals surface area contributed by atoms with E-state index in [4.69, 9.17) is 24.0 Å². The number of rotatable bonds is 2. The van der Waals surface area contributed by atoms with Crippen molar-refractivity contribution >= 4 is 0 Å². The Morgan fingerprint density at radius 1 is 1.09 bits per heavy atom. The predicted octanol–water partition coefficient (Wildman–Crippen LogP) is 3.23. The molecule has 5 rings (SSSR count). The molecule has 126 valence electrons. The van der Waals surface area contributed by atoms with Crippen LogP contribution in [0.4, 0.5) is 0 Å². The second-order valence-electron chi connectivity index (χ2n) is 7.73. The minimum atomic E-state index is -0.700. The van der Waals surface area contributed by atoms with E-state index in [0.717, 1.165) is 19.3 Å². The average Bonchev–Trinajstić information content (AvgIpc) is 2.71. The molecule has 0 aromatic carbocycles. The zero-order chi connectivity index (χ0) is 15.5. The molecule has 0 unspecified atom stereocenters. The fourth-order valence-corrected chi connectivity index (χ4v) is 5.23. The van der Waals surface area contributed by atoms with E-state index < -0.39 is 11.4 Å². The van der Waals surface area contributed by atoms with E-state index in [1.165, 1.54) is 6.42 Å². The van der Waals surface area contributed by atoms with Gasteiger partial charge in [-0.3, -0.25) is 0 Å². The predicted molar refractivity (Wildman–Crippen MR) is 78.5 cm³/mol. The molecule has 4 saturated heterocycles. The Morgan fingerprint density at radius 3 is 2.68 bits per heavy atom. The van der Waals surface area contributed by atoms with Gasteiger partial charge in [0.1, 0.15) is 0 Å². The lowest BCUT2D eigenvalue weighted by Crippen LogP contribution is -2.70. The van der Waals surface area contributed by atoms with Crippen molar-refractivity contribution in [2.24, 2.45) is 23.7 Å². The molecule has 5 heteroatoms. The number of hydrogen-bond acceptors (Lipinski definition) is 5. The Kier molecular flexibility index (Phi) is 3.59. The van der Waals surface area contributed by atoms with Crippen molar-refractivity contribution in [3.63, 3.8) is 0 Å². The summed E-state index contributed by atoms with van der Waals surface area (Å²) in [4.78, 5) is 11.9. The number of hydrogen-bond donors (Lipinski definition) is 0. The molecular formula is C17H28O5. The third kappa shape index (κ3) is 1.96. The first-order valence-corrected chi connectivity index (χ1v) is 8.82. The van der Waals surface area contributed by atoms with Crippen molar-refractivity contribution in [3.05, 3.63) is 0 Å². The van der Waals surface area contributed by atoms with Crippen molar-refractivity contribution in [3.8, 4) is 0 Å². The maximum atomic E-state index is 6.25. The third-order valence-corrected chi connectivity index (χ3v) is 6.43. The normalized spacial score (nSPS) is 57.3. The van der Waals surface area contributed by atoms with Crippen LogP contribution in [0.25, 0.3) is 0 Å². The van der Waals surface area contributed by atoms with Crippen LogP contribution in [0.2, 0.25) is 0 Å². The van der Waals surface area contributed by atoms with Gasteiger partial charge in [-0.05, 0) is 44.9 Å². The maximum Gasteiger partial charge on any atom is 0.201 e. The van der Waals surface area contributed by atoms with E-state index in [1.54, 1.807) is 0 Å². The second kappa shape index (κ2) is 5.15. The van der Waals surface area contributed by atoms with Crippen LogP contribution in [0.5, 0.6) is 0 Å². The van der Waals surface area contributed by atoms with Gasteiger partial charge in [-0.15, -0.1) is 0 Å². The van der Waals surface area contributed by atoms with Crippen LogP contribution >= 0.6 is 0 Å². The molecule has 1 aliphatic carbocycles. The van der Waals surface area contributed by atoms with Gasteiger partial charge < -0.3 is 14.2 Å². The Morgan fingerprint density at radius 2 is 1.91 bits per heavy atom. The van der Waals surface area contributed by atoms with Crippen molar-refractivity contribution in [2.75, 3.05) is 6.61 Å². The monoisotopic (exact) mass is 312 g/mol. The number of ether oxygens (including phenoxy) is 3. The van der Waals surface area contributed by atoms with E-state index in [1.807, 2.05) is 13.8 Å². The lowest BCUT2D eigenvalue weighted by atomic mass is 9.58. The maximum absolute atomic E-state index is 6.25. The largest absolute Gasteiger partial charge is 0.353 e. The van der Waals surface area contributed by atoms with Crippen molar-refractivity contribution < 1.29 is 24.0 Å². The molecule has 0 aromatic heterocycles. The van der Waals surface area contributed by atoms with E-state index in [0.29, 0.717) is 24.4 Å². The molecule has 0 N–H and O–H groups in total. The fourth-order valence-electron chi connectivity index (χ4n) is 5.23. The molecule has 1 spiro atoms. The van der Waals surface area contributed by atoms with Crippen molar-refractivity contribution in [2.45, 2.75) is 77.3 Å². The molecule has 0 aromatic rings. The van der Waals surface area contributed by atoms with E-state index >= 15 is 0 Å². The lowest BCUT2D eigenvalue weighted by Gasteiger charge is -2.60. The third-order valence-electron chi connectivity index (χ3n) is 6.43. The van der Waals surface area contributed by atoms with Crippen LogP contribution in [-0.4, -0.2) is 30.6 Å². The topological polar surface area (TPSA) is 46.2 Å². The van der Waals surface area contributed by atoms with Gasteiger partial charge in [0.2, 0.25) is 5.79 Å². The average molecular weight is 312 g/mol. The fraction of sp³-hybridized carbons (Fsp3) is 1.00. The van der Waals surface area contributed by atoms with Gasteiger partial charge in [0.15, 0.2) is 18.2 Å². The minimum absolute atomic E-state index is 0.216. The molecule has 22 heavy (non-hydrogen) atoms. The summed E-state index contributed by atoms with van der Waals surface area (Å²) < 4.78 is 18.3. The van der Waals surface area contributed by atoms with Gasteiger partial charge in [0.25, 0.3) is 0 Å². The van der Waals surface area contributed by atoms with Crippen LogP contribution in [-0.2, 0) is 24.0 Å². The van der Waals surface area contributed by atoms with Gasteiger partial charge in [0.05, 0.1) is 0 Å². The highest BCUT2D eigenvalue weighted by Gasteiger charge is 2.69. The Hall–Kier alpha value is -0.200. The molecule has 4 aliphatic heterocycles. The summed E-state index contributed by atoms with van der Waals surface area (Å²) in [6, 6.07) is 0. The standard InChI is InChI=1S/C17H28O5/c1-5-18-14-11(3)13-7-6-10(2)12-8-9-16(4)20-15(19-14)17(12,13)22-21-16/h10-15H,5-9H2,1-4H3/t10-,11+,12+,13+,14-,15+,16-,17+/m0/s1. The van der Waals surface area contributed by atoms with Crippen LogP contribution in [0, 0.1) is 23.7 Å². The van der Waals surface area contributed by atoms with Crippen molar-refractivity contribution in [1.82, 2.24) is 0 Å². The first-order chi connectivity index (χ1) is 10.5. The molecule has 5 nitrogen and oxygen atoms in total. The quantitative estimate of drug-likeness (QED) is 0.733. The summed E-state index contributed by atoms with van der Waals surface area (Å²) in [5.41, 5.74) is -0.472. The smallest absolute Gasteiger partial charge is 0.201 e. The SMILES string of the molecule is CCO[C@H]1O[C@@H]2O[C@]3(C)CC[C@@H]4[C@@H](C)CC[C@H]([C@H]1C)[C@@]24OO3. The van der Waals surface area contributed by atoms with Gasteiger partial charge in [-0.2, -0.15) is 0 Å². The van der Waals surface area contributed by atoms with E-state index in [2.05, 4.69) is 13.8 Å². The first kappa shape index (κ1) is 15.3. The molecular weight excluding hydrogens is 284 g/mol. The summed E-state index contributed by atoms with van der Waals surface area (Å²) in [5.74, 6) is 0.957. The van der Waals surface area contributed by atoms with Gasteiger partial charge in [-0.25, -0.2) is 9.78 Å². The second-order valence-corrected chi connectivity index (χ2v) is 7.73.